The molecule has 0 atom stereocenters. The van der Waals surface area contributed by atoms with E-state index >= 15 is 0 Å². The Kier molecular flexibility index (Phi) is 5.34. The van der Waals surface area contributed by atoms with Crippen LogP contribution in [0.1, 0.15) is 16.8 Å². The largest absolute Gasteiger partial charge is 0.365 e. The van der Waals surface area contributed by atoms with Crippen LogP contribution in [0.25, 0.3) is 33.2 Å². The van der Waals surface area contributed by atoms with Crippen LogP contribution in [0.5, 0.6) is 0 Å². The first-order chi connectivity index (χ1) is 15.7. The highest BCUT2D eigenvalue weighted by Gasteiger charge is 2.06. The predicted molar refractivity (Wildman–Crippen MR) is 131 cm³/mol. The van der Waals surface area contributed by atoms with Crippen molar-refractivity contribution in [2.24, 2.45) is 0 Å². The van der Waals surface area contributed by atoms with Crippen molar-refractivity contribution >= 4 is 16.6 Å². The van der Waals surface area contributed by atoms with Crippen LogP contribution >= 0.6 is 0 Å². The number of nitrogens with one attached hydrogen (secondary N) is 1. The lowest BCUT2D eigenvalue weighted by Gasteiger charge is -2.11. The van der Waals surface area contributed by atoms with Crippen LogP contribution in [0.15, 0.2) is 91.4 Å². The molecule has 0 saturated carbocycles. The summed E-state index contributed by atoms with van der Waals surface area (Å²) in [6, 6.07) is 25.4. The first kappa shape index (κ1) is 19.9. The molecule has 0 fully saturated rings. The highest BCUT2D eigenvalue weighted by molar-refractivity contribution is 5.94. The first-order valence-corrected chi connectivity index (χ1v) is 10.7. The van der Waals surface area contributed by atoms with E-state index in [0.29, 0.717) is 6.54 Å². The average Bonchev–Trinajstić information content (AvgIpc) is 2.82. The zero-order valence-corrected chi connectivity index (χ0v) is 18.2. The Morgan fingerprint density at radius 2 is 1.59 bits per heavy atom. The number of rotatable bonds is 5. The third kappa shape index (κ3) is 4.21. The lowest BCUT2D eigenvalue weighted by molar-refractivity contribution is 1.09. The van der Waals surface area contributed by atoms with Gasteiger partial charge in [-0.15, -0.1) is 0 Å². The van der Waals surface area contributed by atoms with Crippen molar-refractivity contribution in [2.45, 2.75) is 20.4 Å². The fraction of sp³-hybridized carbons (Fsp3) is 0.107. The maximum absolute atomic E-state index is 4.63. The van der Waals surface area contributed by atoms with E-state index in [-0.39, 0.29) is 0 Å². The van der Waals surface area contributed by atoms with E-state index in [2.05, 4.69) is 87.9 Å². The number of aryl methyl sites for hydroxylation is 2. The number of hydrogen-bond acceptors (Lipinski definition) is 4. The van der Waals surface area contributed by atoms with Crippen molar-refractivity contribution in [1.82, 2.24) is 15.0 Å². The van der Waals surface area contributed by atoms with Gasteiger partial charge in [-0.1, -0.05) is 48.0 Å². The van der Waals surface area contributed by atoms with Gasteiger partial charge in [-0.3, -0.25) is 9.97 Å². The van der Waals surface area contributed by atoms with Gasteiger partial charge in [-0.2, -0.15) is 0 Å². The molecule has 5 rings (SSSR count). The summed E-state index contributed by atoms with van der Waals surface area (Å²) >= 11 is 0. The Morgan fingerprint density at radius 3 is 2.41 bits per heavy atom. The van der Waals surface area contributed by atoms with Gasteiger partial charge in [-0.25, -0.2) is 4.98 Å². The van der Waals surface area contributed by atoms with E-state index in [0.717, 1.165) is 33.7 Å². The predicted octanol–water partition coefficient (Wildman–Crippen LogP) is 6.59. The average molecular weight is 417 g/mol. The molecule has 4 heteroatoms. The minimum Gasteiger partial charge on any atom is -0.365 e. The molecule has 0 radical (unpaired) electrons. The monoisotopic (exact) mass is 416 g/mol. The van der Waals surface area contributed by atoms with E-state index in [1.54, 1.807) is 0 Å². The number of aromatic nitrogens is 3. The van der Waals surface area contributed by atoms with Crippen LogP contribution in [0.4, 0.5) is 5.82 Å². The van der Waals surface area contributed by atoms with E-state index < -0.39 is 0 Å². The van der Waals surface area contributed by atoms with Crippen LogP contribution in [0.3, 0.4) is 0 Å². The Labute approximate surface area is 188 Å². The fourth-order valence-corrected chi connectivity index (χ4v) is 3.91. The molecule has 0 aliphatic carbocycles. The molecule has 0 aliphatic heterocycles. The second-order valence-electron chi connectivity index (χ2n) is 8.06. The summed E-state index contributed by atoms with van der Waals surface area (Å²) in [5.41, 5.74) is 7.83. The summed E-state index contributed by atoms with van der Waals surface area (Å²) in [6.45, 7) is 4.77. The number of anilines is 1. The molecule has 0 amide bonds. The lowest BCUT2D eigenvalue weighted by Crippen LogP contribution is -2.02. The Morgan fingerprint density at radius 1 is 0.719 bits per heavy atom. The molecule has 3 aromatic heterocycles. The topological polar surface area (TPSA) is 50.7 Å². The van der Waals surface area contributed by atoms with E-state index in [9.17, 15) is 0 Å². The van der Waals surface area contributed by atoms with Crippen molar-refractivity contribution in [3.8, 4) is 22.4 Å². The molecular formula is C28H24N4. The fourth-order valence-electron chi connectivity index (χ4n) is 3.91. The maximum atomic E-state index is 4.63. The number of benzene rings is 2. The molecule has 32 heavy (non-hydrogen) atoms. The van der Waals surface area contributed by atoms with E-state index in [4.69, 9.17) is 0 Å². The highest BCUT2D eigenvalue weighted by atomic mass is 15.0. The summed E-state index contributed by atoms with van der Waals surface area (Å²) in [7, 11) is 0. The number of fused-ring (bicyclic) bond motifs is 1. The molecule has 3 heterocycles. The molecule has 5 aromatic rings. The molecule has 0 saturated heterocycles. The van der Waals surface area contributed by atoms with Crippen molar-refractivity contribution in [3.63, 3.8) is 0 Å². The number of pyridine rings is 3. The van der Waals surface area contributed by atoms with E-state index in [1.165, 1.54) is 22.1 Å². The smallest absolute Gasteiger partial charge is 0.134 e. The number of nitrogens with zero attached hydrogens (tertiary/aromatic N) is 3. The van der Waals surface area contributed by atoms with Crippen LogP contribution in [0.2, 0.25) is 0 Å². The number of hydrogen-bond donors (Lipinski definition) is 1. The third-order valence-corrected chi connectivity index (χ3v) is 5.59. The second kappa shape index (κ2) is 8.60. The second-order valence-corrected chi connectivity index (χ2v) is 8.06. The molecule has 0 aliphatic rings. The molecule has 2 aromatic carbocycles. The van der Waals surface area contributed by atoms with Gasteiger partial charge in [0.1, 0.15) is 5.82 Å². The zero-order chi connectivity index (χ0) is 21.9. The summed E-state index contributed by atoms with van der Waals surface area (Å²) in [5, 5.41) is 5.76. The molecular weight excluding hydrogens is 392 g/mol. The summed E-state index contributed by atoms with van der Waals surface area (Å²) in [4.78, 5) is 13.5. The third-order valence-electron chi connectivity index (χ3n) is 5.59. The summed E-state index contributed by atoms with van der Waals surface area (Å²) in [5.74, 6) is 0.882. The van der Waals surface area contributed by atoms with Crippen LogP contribution in [-0.4, -0.2) is 15.0 Å². The molecule has 156 valence electrons. The van der Waals surface area contributed by atoms with Gasteiger partial charge in [-0.05, 0) is 66.3 Å². The van der Waals surface area contributed by atoms with Crippen molar-refractivity contribution in [1.29, 1.82) is 0 Å². The lowest BCUT2D eigenvalue weighted by atomic mass is 10.0. The Bertz CT molecular complexity index is 1390. The summed E-state index contributed by atoms with van der Waals surface area (Å²) < 4.78 is 0. The Hall–Kier alpha value is -4.05. The molecule has 1 N–H and O–H groups in total. The molecule has 0 spiro atoms. The van der Waals surface area contributed by atoms with Gasteiger partial charge in [0.05, 0.1) is 5.69 Å². The van der Waals surface area contributed by atoms with Crippen LogP contribution in [0, 0.1) is 13.8 Å². The Balaban J connectivity index is 1.35. The normalized spacial score (nSPS) is 10.9. The van der Waals surface area contributed by atoms with Gasteiger partial charge in [0.25, 0.3) is 0 Å². The standard InChI is InChI=1S/C28H24N4/c1-19-4-3-5-22(14-19)23-7-8-26-24(16-23)10-13-30-28(26)32-18-21-6-9-27(31-17-21)25-11-12-29-20(2)15-25/h3-17H,18H2,1-2H3,(H,30,32). The highest BCUT2D eigenvalue weighted by Crippen LogP contribution is 2.28. The van der Waals surface area contributed by atoms with Gasteiger partial charge < -0.3 is 5.32 Å². The minimum atomic E-state index is 0.661. The van der Waals surface area contributed by atoms with Crippen molar-refractivity contribution in [2.75, 3.05) is 5.32 Å². The quantitative estimate of drug-likeness (QED) is 0.351. The van der Waals surface area contributed by atoms with Crippen molar-refractivity contribution in [3.05, 3.63) is 108 Å². The summed E-state index contributed by atoms with van der Waals surface area (Å²) in [6.07, 6.45) is 5.59. The molecule has 0 unspecified atom stereocenters. The van der Waals surface area contributed by atoms with Crippen LogP contribution < -0.4 is 5.32 Å². The SMILES string of the molecule is Cc1cccc(-c2ccc3c(NCc4ccc(-c5ccnc(C)c5)nc4)nccc3c2)c1. The first-order valence-electron chi connectivity index (χ1n) is 10.7. The molecule has 0 bridgehead atoms. The molecule has 4 nitrogen and oxygen atoms in total. The van der Waals surface area contributed by atoms with Gasteiger partial charge >= 0.3 is 0 Å². The van der Waals surface area contributed by atoms with Crippen molar-refractivity contribution < 1.29 is 0 Å². The van der Waals surface area contributed by atoms with Crippen LogP contribution in [-0.2, 0) is 6.54 Å². The van der Waals surface area contributed by atoms with Gasteiger partial charge in [0.15, 0.2) is 0 Å². The van der Waals surface area contributed by atoms with Gasteiger partial charge in [0, 0.05) is 41.8 Å². The van der Waals surface area contributed by atoms with Gasteiger partial charge in [0.2, 0.25) is 0 Å². The zero-order valence-electron chi connectivity index (χ0n) is 18.2. The maximum Gasteiger partial charge on any atom is 0.134 e. The van der Waals surface area contributed by atoms with E-state index in [1.807, 2.05) is 37.6 Å². The minimum absolute atomic E-state index is 0.661.